The van der Waals surface area contributed by atoms with Crippen molar-refractivity contribution in [2.24, 2.45) is 11.0 Å². The second-order valence-electron chi connectivity index (χ2n) is 8.04. The first-order chi connectivity index (χ1) is 15.5. The Bertz CT molecular complexity index is 1200. The number of para-hydroxylation sites is 2. The van der Waals surface area contributed by atoms with Gasteiger partial charge in [-0.25, -0.2) is 0 Å². The highest BCUT2D eigenvalue weighted by Crippen LogP contribution is 2.42. The lowest BCUT2D eigenvalue weighted by atomic mass is 9.91. The fraction of sp³-hybridized carbons (Fsp3) is 0.200. The van der Waals surface area contributed by atoms with Crippen molar-refractivity contribution in [1.29, 1.82) is 0 Å². The van der Waals surface area contributed by atoms with Gasteiger partial charge in [-0.1, -0.05) is 76.9 Å². The first-order valence-corrected chi connectivity index (χ1v) is 11.7. The Labute approximate surface area is 200 Å². The van der Waals surface area contributed by atoms with Crippen LogP contribution in [0.4, 0.5) is 11.4 Å². The quantitative estimate of drug-likeness (QED) is 0.487. The van der Waals surface area contributed by atoms with Gasteiger partial charge in [0.2, 0.25) is 0 Å². The maximum atomic E-state index is 13.4. The summed E-state index contributed by atoms with van der Waals surface area (Å²) in [6, 6.07) is 23.7. The van der Waals surface area contributed by atoms with Crippen molar-refractivity contribution in [2.45, 2.75) is 19.4 Å². The molecule has 1 N–H and O–H groups in total. The molecule has 0 radical (unpaired) electrons. The van der Waals surface area contributed by atoms with E-state index in [-0.39, 0.29) is 17.9 Å². The summed E-state index contributed by atoms with van der Waals surface area (Å²) in [6.07, 6.45) is 0.908. The molecule has 3 aromatic carbocycles. The Hall–Kier alpha value is -2.83. The number of benzene rings is 3. The molecule has 3 aromatic rings. The second-order valence-corrected chi connectivity index (χ2v) is 9.36. The van der Waals surface area contributed by atoms with Crippen molar-refractivity contribution < 1.29 is 4.79 Å². The van der Waals surface area contributed by atoms with Gasteiger partial charge in [-0.2, -0.15) is 5.10 Å². The van der Waals surface area contributed by atoms with E-state index in [0.29, 0.717) is 10.7 Å². The number of carbonyl (C=O) groups is 1. The van der Waals surface area contributed by atoms with Gasteiger partial charge in [-0.15, -0.1) is 0 Å². The molecule has 162 valence electrons. The standard InChI is InChI=1S/C25H22BrClN4O/c1-16-23(25(32)29-30-15-14-17-6-2-4-8-21(17)30)28-31(22-9-5-3-7-20(22)27)24(16)18-10-12-19(26)13-11-18/h2-13,16,24H,14-15H2,1H3,(H,29,32)/t16-,24+/m1/s1. The van der Waals surface area contributed by atoms with Gasteiger partial charge < -0.3 is 0 Å². The lowest BCUT2D eigenvalue weighted by Crippen LogP contribution is -2.45. The summed E-state index contributed by atoms with van der Waals surface area (Å²) in [5, 5.41) is 9.19. The number of rotatable bonds is 4. The Morgan fingerprint density at radius 3 is 2.47 bits per heavy atom. The molecular weight excluding hydrogens is 488 g/mol. The Morgan fingerprint density at radius 1 is 1.03 bits per heavy atom. The topological polar surface area (TPSA) is 47.9 Å². The van der Waals surface area contributed by atoms with E-state index in [0.717, 1.165) is 34.4 Å². The first-order valence-electron chi connectivity index (χ1n) is 10.6. The molecule has 7 heteroatoms. The summed E-state index contributed by atoms with van der Waals surface area (Å²) in [5.74, 6) is -0.323. The highest BCUT2D eigenvalue weighted by Gasteiger charge is 2.40. The number of nitrogens with zero attached hydrogens (tertiary/aromatic N) is 3. The molecule has 0 bridgehead atoms. The molecule has 2 aliphatic rings. The van der Waals surface area contributed by atoms with E-state index >= 15 is 0 Å². The number of hydrogen-bond acceptors (Lipinski definition) is 4. The molecule has 0 aromatic heterocycles. The molecule has 0 fully saturated rings. The van der Waals surface area contributed by atoms with Crippen molar-refractivity contribution in [3.63, 3.8) is 0 Å². The molecule has 2 atom stereocenters. The number of hydrazine groups is 1. The molecule has 5 rings (SSSR count). The van der Waals surface area contributed by atoms with Crippen LogP contribution < -0.4 is 15.4 Å². The second kappa shape index (κ2) is 8.60. The van der Waals surface area contributed by atoms with Crippen molar-refractivity contribution in [3.05, 3.63) is 93.4 Å². The number of amides is 1. The number of carbonyl (C=O) groups excluding carboxylic acids is 1. The van der Waals surface area contributed by atoms with Crippen LogP contribution in [0, 0.1) is 5.92 Å². The maximum absolute atomic E-state index is 13.4. The van der Waals surface area contributed by atoms with E-state index in [1.807, 2.05) is 71.5 Å². The minimum Gasteiger partial charge on any atom is -0.285 e. The molecule has 2 aliphatic heterocycles. The monoisotopic (exact) mass is 508 g/mol. The zero-order valence-electron chi connectivity index (χ0n) is 17.5. The van der Waals surface area contributed by atoms with Crippen molar-refractivity contribution in [1.82, 2.24) is 5.43 Å². The average molecular weight is 510 g/mol. The third-order valence-electron chi connectivity index (χ3n) is 6.05. The predicted octanol–water partition coefficient (Wildman–Crippen LogP) is 5.75. The summed E-state index contributed by atoms with van der Waals surface area (Å²) in [5.41, 5.74) is 7.69. The third kappa shape index (κ3) is 3.78. The smallest absolute Gasteiger partial charge is 0.285 e. The van der Waals surface area contributed by atoms with E-state index < -0.39 is 0 Å². The summed E-state index contributed by atoms with van der Waals surface area (Å²) in [4.78, 5) is 13.4. The van der Waals surface area contributed by atoms with E-state index in [4.69, 9.17) is 16.7 Å². The number of halogens is 2. The van der Waals surface area contributed by atoms with Crippen LogP contribution in [0.1, 0.15) is 24.1 Å². The molecule has 1 amide bonds. The third-order valence-corrected chi connectivity index (χ3v) is 6.90. The van der Waals surface area contributed by atoms with E-state index in [2.05, 4.69) is 39.6 Å². The molecule has 0 saturated carbocycles. The van der Waals surface area contributed by atoms with Crippen molar-refractivity contribution in [3.8, 4) is 0 Å². The van der Waals surface area contributed by atoms with Crippen LogP contribution in [-0.2, 0) is 11.2 Å². The summed E-state index contributed by atoms with van der Waals surface area (Å²) in [7, 11) is 0. The van der Waals surface area contributed by atoms with Gasteiger partial charge in [0.15, 0.2) is 0 Å². The lowest BCUT2D eigenvalue weighted by molar-refractivity contribution is -0.115. The molecular formula is C25H22BrClN4O. The zero-order chi connectivity index (χ0) is 22.2. The van der Waals surface area contributed by atoms with Crippen LogP contribution in [-0.4, -0.2) is 18.2 Å². The van der Waals surface area contributed by atoms with E-state index in [9.17, 15) is 4.79 Å². The summed E-state index contributed by atoms with van der Waals surface area (Å²) in [6.45, 7) is 2.79. The number of nitrogens with one attached hydrogen (secondary N) is 1. The SMILES string of the molecule is C[C@@H]1C(C(=O)NN2CCc3ccccc32)=NN(c2ccccc2Cl)[C@@H]1c1ccc(Br)cc1. The number of hydrazone groups is 1. The van der Waals surface area contributed by atoms with Crippen LogP contribution in [0.2, 0.25) is 5.02 Å². The van der Waals surface area contributed by atoms with Crippen LogP contribution in [0.25, 0.3) is 0 Å². The normalized spacial score (nSPS) is 19.7. The van der Waals surface area contributed by atoms with Gasteiger partial charge in [-0.3, -0.25) is 20.2 Å². The van der Waals surface area contributed by atoms with Crippen LogP contribution >= 0.6 is 27.5 Å². The molecule has 5 nitrogen and oxygen atoms in total. The first kappa shape index (κ1) is 21.0. The Kier molecular flexibility index (Phi) is 5.66. The molecule has 2 heterocycles. The minimum absolute atomic E-state index is 0.134. The highest BCUT2D eigenvalue weighted by molar-refractivity contribution is 9.10. The van der Waals surface area contributed by atoms with Crippen LogP contribution in [0.5, 0.6) is 0 Å². The minimum atomic E-state index is -0.189. The fourth-order valence-corrected chi connectivity index (χ4v) is 4.93. The van der Waals surface area contributed by atoms with Crippen LogP contribution in [0.15, 0.2) is 82.4 Å². The van der Waals surface area contributed by atoms with Crippen LogP contribution in [0.3, 0.4) is 0 Å². The van der Waals surface area contributed by atoms with Gasteiger partial charge in [-0.05, 0) is 47.9 Å². The van der Waals surface area contributed by atoms with Gasteiger partial charge in [0.25, 0.3) is 5.91 Å². The van der Waals surface area contributed by atoms with E-state index in [1.165, 1.54) is 5.56 Å². The highest BCUT2D eigenvalue weighted by atomic mass is 79.9. The predicted molar refractivity (Wildman–Crippen MR) is 133 cm³/mol. The molecule has 32 heavy (non-hydrogen) atoms. The Balaban J connectivity index is 1.48. The maximum Gasteiger partial charge on any atom is 0.286 e. The van der Waals surface area contributed by atoms with Gasteiger partial charge in [0.05, 0.1) is 22.4 Å². The fourth-order valence-electron chi connectivity index (χ4n) is 4.45. The van der Waals surface area contributed by atoms with Gasteiger partial charge in [0, 0.05) is 16.9 Å². The summed E-state index contributed by atoms with van der Waals surface area (Å²) < 4.78 is 1.00. The molecule has 0 saturated heterocycles. The molecule has 0 unspecified atom stereocenters. The molecule has 0 spiro atoms. The summed E-state index contributed by atoms with van der Waals surface area (Å²) >= 11 is 10.0. The zero-order valence-corrected chi connectivity index (χ0v) is 19.8. The van der Waals surface area contributed by atoms with Gasteiger partial charge in [0.1, 0.15) is 5.71 Å². The van der Waals surface area contributed by atoms with Crippen molar-refractivity contribution in [2.75, 3.05) is 16.6 Å². The number of hydrogen-bond donors (Lipinski definition) is 1. The van der Waals surface area contributed by atoms with Crippen molar-refractivity contribution >= 4 is 50.5 Å². The number of anilines is 2. The Morgan fingerprint density at radius 2 is 1.72 bits per heavy atom. The van der Waals surface area contributed by atoms with E-state index in [1.54, 1.807) is 0 Å². The number of fused-ring (bicyclic) bond motifs is 1. The van der Waals surface area contributed by atoms with Gasteiger partial charge >= 0.3 is 0 Å². The average Bonchev–Trinajstić information content (AvgIpc) is 3.36. The largest absolute Gasteiger partial charge is 0.286 e. The lowest BCUT2D eigenvalue weighted by Gasteiger charge is -2.27. The molecule has 0 aliphatic carbocycles.